The van der Waals surface area contributed by atoms with E-state index in [1.165, 1.54) is 5.56 Å². The van der Waals surface area contributed by atoms with Crippen LogP contribution >= 0.6 is 0 Å². The van der Waals surface area contributed by atoms with Gasteiger partial charge < -0.3 is 15.0 Å². The Balaban J connectivity index is 1.22. The van der Waals surface area contributed by atoms with E-state index >= 15 is 0 Å². The van der Waals surface area contributed by atoms with Crippen LogP contribution in [0.4, 0.5) is 5.69 Å². The number of hydrogen-bond acceptors (Lipinski definition) is 5. The summed E-state index contributed by atoms with van der Waals surface area (Å²) < 4.78 is 5.33. The van der Waals surface area contributed by atoms with Crippen molar-refractivity contribution >= 4 is 17.5 Å². The summed E-state index contributed by atoms with van der Waals surface area (Å²) in [4.78, 5) is 31.6. The minimum absolute atomic E-state index is 0.0405. The molecule has 2 aromatic carbocycles. The average Bonchev–Trinajstić information content (AvgIpc) is 2.83. The number of nitrogens with one attached hydrogen (secondary N) is 1. The Kier molecular flexibility index (Phi) is 7.39. The third-order valence-corrected chi connectivity index (χ3v) is 6.23. The molecule has 0 saturated carbocycles. The van der Waals surface area contributed by atoms with E-state index < -0.39 is 0 Å². The summed E-state index contributed by atoms with van der Waals surface area (Å²) in [6, 6.07) is 15.9. The van der Waals surface area contributed by atoms with Crippen LogP contribution in [0.5, 0.6) is 5.75 Å². The maximum absolute atomic E-state index is 13.0. The number of carbonyl (C=O) groups excluding carboxylic acids is 2. The fourth-order valence-electron chi connectivity index (χ4n) is 4.40. The number of nitrogens with zero attached hydrogens (tertiary/aromatic N) is 3. The van der Waals surface area contributed by atoms with Crippen LogP contribution in [-0.4, -0.2) is 74.5 Å². The normalized spacial score (nSPS) is 17.0. The van der Waals surface area contributed by atoms with Crippen LogP contribution in [0.15, 0.2) is 48.5 Å². The first-order chi connectivity index (χ1) is 15.6. The summed E-state index contributed by atoms with van der Waals surface area (Å²) in [5, 5.41) is 2.99. The molecule has 0 aromatic heterocycles. The van der Waals surface area contributed by atoms with Crippen LogP contribution in [0, 0.1) is 0 Å². The quantitative estimate of drug-likeness (QED) is 0.718. The molecule has 2 aliphatic heterocycles. The molecule has 0 bridgehead atoms. The van der Waals surface area contributed by atoms with Crippen LogP contribution in [0.2, 0.25) is 0 Å². The van der Waals surface area contributed by atoms with Crippen molar-refractivity contribution in [2.24, 2.45) is 0 Å². The fraction of sp³-hybridized carbons (Fsp3) is 0.440. The second-order valence-electron chi connectivity index (χ2n) is 8.46. The number of hydrogen-bond donors (Lipinski definition) is 1. The Bertz CT molecular complexity index is 926. The maximum Gasteiger partial charge on any atom is 0.241 e. The first-order valence-electron chi connectivity index (χ1n) is 11.3. The van der Waals surface area contributed by atoms with E-state index in [1.807, 2.05) is 53.4 Å². The molecular formula is C25H32N4O3. The van der Waals surface area contributed by atoms with Crippen molar-refractivity contribution in [1.29, 1.82) is 0 Å². The van der Waals surface area contributed by atoms with Crippen molar-refractivity contribution < 1.29 is 14.3 Å². The van der Waals surface area contributed by atoms with E-state index in [0.29, 0.717) is 19.6 Å². The zero-order valence-corrected chi connectivity index (χ0v) is 18.8. The lowest BCUT2D eigenvalue weighted by molar-refractivity contribution is -0.124. The van der Waals surface area contributed by atoms with Gasteiger partial charge in [-0.15, -0.1) is 0 Å². The van der Waals surface area contributed by atoms with Gasteiger partial charge in [-0.05, 0) is 42.2 Å². The number of fused-ring (bicyclic) bond motifs is 1. The number of rotatable bonds is 7. The number of anilines is 1. The van der Waals surface area contributed by atoms with E-state index in [0.717, 1.165) is 62.6 Å². The first kappa shape index (κ1) is 22.3. The van der Waals surface area contributed by atoms with Crippen LogP contribution in [-0.2, 0) is 22.6 Å². The number of benzene rings is 2. The lowest BCUT2D eigenvalue weighted by Crippen LogP contribution is -2.52. The maximum atomic E-state index is 13.0. The molecular weight excluding hydrogens is 404 g/mol. The molecule has 2 amide bonds. The summed E-state index contributed by atoms with van der Waals surface area (Å²) in [5.41, 5.74) is 3.29. The van der Waals surface area contributed by atoms with Gasteiger partial charge in [0.25, 0.3) is 0 Å². The van der Waals surface area contributed by atoms with Gasteiger partial charge in [0.2, 0.25) is 11.8 Å². The molecule has 7 nitrogen and oxygen atoms in total. The third-order valence-electron chi connectivity index (χ3n) is 6.23. The van der Waals surface area contributed by atoms with E-state index in [2.05, 4.69) is 15.1 Å². The topological polar surface area (TPSA) is 65.1 Å². The van der Waals surface area contributed by atoms with Crippen molar-refractivity contribution in [3.63, 3.8) is 0 Å². The minimum atomic E-state index is 0.0405. The van der Waals surface area contributed by atoms with Crippen LogP contribution in [0.3, 0.4) is 0 Å². The van der Waals surface area contributed by atoms with Gasteiger partial charge >= 0.3 is 0 Å². The van der Waals surface area contributed by atoms with Crippen molar-refractivity contribution in [1.82, 2.24) is 15.1 Å². The molecule has 170 valence electrons. The molecule has 1 N–H and O–H groups in total. The van der Waals surface area contributed by atoms with Gasteiger partial charge in [0.15, 0.2) is 0 Å². The summed E-state index contributed by atoms with van der Waals surface area (Å²) in [7, 11) is 1.67. The number of piperazine rings is 1. The number of methoxy groups -OCH3 is 1. The van der Waals surface area contributed by atoms with Gasteiger partial charge in [-0.3, -0.25) is 19.4 Å². The van der Waals surface area contributed by atoms with Crippen molar-refractivity contribution in [2.75, 3.05) is 57.8 Å². The standard InChI is InChI=1S/C25H32N4O3/c1-32-22-9-10-23-21(16-22)8-5-11-29(23)25(31)19-28-14-12-27(13-15-28)18-24(30)26-17-20-6-3-2-4-7-20/h2-4,6-7,9-10,16H,5,8,11-15,17-19H2,1H3,(H,26,30). The molecule has 32 heavy (non-hydrogen) atoms. The molecule has 0 atom stereocenters. The molecule has 0 radical (unpaired) electrons. The van der Waals surface area contributed by atoms with E-state index in [-0.39, 0.29) is 11.8 Å². The van der Waals surface area contributed by atoms with Crippen LogP contribution in [0.25, 0.3) is 0 Å². The second-order valence-corrected chi connectivity index (χ2v) is 8.46. The Morgan fingerprint density at radius 2 is 1.66 bits per heavy atom. The first-order valence-corrected chi connectivity index (χ1v) is 11.3. The summed E-state index contributed by atoms with van der Waals surface area (Å²) >= 11 is 0. The average molecular weight is 437 g/mol. The smallest absolute Gasteiger partial charge is 0.241 e. The Hall–Kier alpha value is -2.90. The van der Waals surface area contributed by atoms with E-state index in [1.54, 1.807) is 7.11 Å². The second kappa shape index (κ2) is 10.6. The summed E-state index contributed by atoms with van der Waals surface area (Å²) in [6.45, 7) is 5.30. The highest BCUT2D eigenvalue weighted by Gasteiger charge is 2.26. The number of aryl methyl sites for hydroxylation is 1. The minimum Gasteiger partial charge on any atom is -0.497 e. The Morgan fingerprint density at radius 3 is 2.38 bits per heavy atom. The predicted octanol–water partition coefficient (Wildman–Crippen LogP) is 1.91. The molecule has 2 heterocycles. The largest absolute Gasteiger partial charge is 0.497 e. The molecule has 4 rings (SSSR count). The molecule has 0 spiro atoms. The molecule has 2 aliphatic rings. The van der Waals surface area contributed by atoms with Gasteiger partial charge in [-0.1, -0.05) is 30.3 Å². The molecule has 0 aliphatic carbocycles. The molecule has 7 heteroatoms. The monoisotopic (exact) mass is 436 g/mol. The highest BCUT2D eigenvalue weighted by atomic mass is 16.5. The number of amides is 2. The number of carbonyl (C=O) groups is 2. The zero-order chi connectivity index (χ0) is 22.3. The lowest BCUT2D eigenvalue weighted by Gasteiger charge is -2.36. The van der Waals surface area contributed by atoms with Crippen molar-refractivity contribution in [2.45, 2.75) is 19.4 Å². The molecule has 1 fully saturated rings. The van der Waals surface area contributed by atoms with Gasteiger partial charge in [0, 0.05) is 45.0 Å². The van der Waals surface area contributed by atoms with Crippen molar-refractivity contribution in [3.8, 4) is 5.75 Å². The molecule has 2 aromatic rings. The molecule has 0 unspecified atom stereocenters. The predicted molar refractivity (Wildman–Crippen MR) is 125 cm³/mol. The van der Waals surface area contributed by atoms with Crippen LogP contribution in [0.1, 0.15) is 17.5 Å². The van der Waals surface area contributed by atoms with Gasteiger partial charge in [0.1, 0.15) is 5.75 Å². The van der Waals surface area contributed by atoms with E-state index in [4.69, 9.17) is 4.74 Å². The van der Waals surface area contributed by atoms with E-state index in [9.17, 15) is 9.59 Å². The summed E-state index contributed by atoms with van der Waals surface area (Å²) in [5.74, 6) is 1.02. The van der Waals surface area contributed by atoms with Crippen LogP contribution < -0.4 is 15.0 Å². The third kappa shape index (κ3) is 5.66. The lowest BCUT2D eigenvalue weighted by atomic mass is 10.0. The highest BCUT2D eigenvalue weighted by molar-refractivity contribution is 5.96. The fourth-order valence-corrected chi connectivity index (χ4v) is 4.40. The SMILES string of the molecule is COc1ccc2c(c1)CCCN2C(=O)CN1CCN(CC(=O)NCc2ccccc2)CC1. The number of ether oxygens (including phenoxy) is 1. The Morgan fingerprint density at radius 1 is 0.938 bits per heavy atom. The van der Waals surface area contributed by atoms with Gasteiger partial charge in [-0.2, -0.15) is 0 Å². The highest BCUT2D eigenvalue weighted by Crippen LogP contribution is 2.30. The zero-order valence-electron chi connectivity index (χ0n) is 18.8. The van der Waals surface area contributed by atoms with Gasteiger partial charge in [-0.25, -0.2) is 0 Å². The Labute approximate surface area is 189 Å². The van der Waals surface area contributed by atoms with Crippen molar-refractivity contribution in [3.05, 3.63) is 59.7 Å². The molecule has 1 saturated heterocycles. The van der Waals surface area contributed by atoms with Gasteiger partial charge in [0.05, 0.1) is 20.2 Å². The summed E-state index contributed by atoms with van der Waals surface area (Å²) in [6.07, 6.45) is 1.94.